The van der Waals surface area contributed by atoms with E-state index in [1.165, 1.54) is 25.3 Å². The van der Waals surface area contributed by atoms with Crippen LogP contribution in [0.25, 0.3) is 0 Å². The highest BCUT2D eigenvalue weighted by Crippen LogP contribution is 2.65. The molecule has 3 fully saturated rings. The van der Waals surface area contributed by atoms with Crippen LogP contribution in [0.1, 0.15) is 24.8 Å². The smallest absolute Gasteiger partial charge is 0.241 e. The van der Waals surface area contributed by atoms with Crippen molar-refractivity contribution in [3.63, 3.8) is 0 Å². The molecule has 0 aliphatic heterocycles. The summed E-state index contributed by atoms with van der Waals surface area (Å²) in [6, 6.07) is 3.22. The normalized spacial score (nSPS) is 36.8. The highest BCUT2D eigenvalue weighted by atomic mass is 35.5. The van der Waals surface area contributed by atoms with Crippen LogP contribution in [0, 0.1) is 30.6 Å². The number of hydrogen-bond donors (Lipinski definition) is 2. The quantitative estimate of drug-likeness (QED) is 0.838. The van der Waals surface area contributed by atoms with Crippen LogP contribution < -0.4 is 10.5 Å². The summed E-state index contributed by atoms with van der Waals surface area (Å²) in [5.74, 6) is 2.63. The summed E-state index contributed by atoms with van der Waals surface area (Å²) in [5, 5.41) is 0.396. The minimum Gasteiger partial charge on any atom is -0.397 e. The van der Waals surface area contributed by atoms with E-state index in [1.807, 2.05) is 0 Å². The number of anilines is 1. The lowest BCUT2D eigenvalue weighted by Gasteiger charge is -2.13. The van der Waals surface area contributed by atoms with Crippen LogP contribution >= 0.6 is 11.6 Å². The molecular formula is C15H19ClN2O2S. The van der Waals surface area contributed by atoms with Crippen LogP contribution in [0.4, 0.5) is 5.69 Å². The largest absolute Gasteiger partial charge is 0.397 e. The molecule has 4 rings (SSSR count). The number of nitrogens with one attached hydrogen (secondary N) is 1. The summed E-state index contributed by atoms with van der Waals surface area (Å²) >= 11 is 5.94. The van der Waals surface area contributed by atoms with Crippen LogP contribution in [0.5, 0.6) is 0 Å². The molecule has 1 aromatic carbocycles. The second-order valence-corrected chi connectivity index (χ2v) is 8.86. The van der Waals surface area contributed by atoms with E-state index >= 15 is 0 Å². The van der Waals surface area contributed by atoms with Crippen LogP contribution in [0.3, 0.4) is 0 Å². The van der Waals surface area contributed by atoms with Gasteiger partial charge in [-0.15, -0.1) is 0 Å². The first kappa shape index (κ1) is 13.9. The van der Waals surface area contributed by atoms with Crippen molar-refractivity contribution in [3.05, 3.63) is 22.7 Å². The highest BCUT2D eigenvalue weighted by Gasteiger charge is 2.65. The lowest BCUT2D eigenvalue weighted by atomic mass is 10.0. The minimum absolute atomic E-state index is 0.137. The van der Waals surface area contributed by atoms with Crippen molar-refractivity contribution in [1.29, 1.82) is 0 Å². The first-order valence-corrected chi connectivity index (χ1v) is 9.32. The second kappa shape index (κ2) is 4.37. The standard InChI is InChI=1S/C15H19ClN2O2S/c1-7-4-10(16)11(17)6-12(7)21(19,20)18-15-13-8-2-3-9(5-8)14(13)15/h4,6,8-9,13-15,18H,2-3,5,17H2,1H3. The summed E-state index contributed by atoms with van der Waals surface area (Å²) in [6.45, 7) is 1.75. The van der Waals surface area contributed by atoms with E-state index in [9.17, 15) is 8.42 Å². The van der Waals surface area contributed by atoms with Gasteiger partial charge >= 0.3 is 0 Å². The molecule has 4 unspecified atom stereocenters. The molecule has 0 saturated heterocycles. The van der Waals surface area contributed by atoms with Crippen LogP contribution in [-0.4, -0.2) is 14.5 Å². The molecule has 0 heterocycles. The predicted molar refractivity (Wildman–Crippen MR) is 82.5 cm³/mol. The molecule has 2 bridgehead atoms. The molecule has 114 valence electrons. The Kier molecular flexibility index (Phi) is 2.88. The summed E-state index contributed by atoms with van der Waals surface area (Å²) in [5.41, 5.74) is 6.69. The van der Waals surface area contributed by atoms with Crippen molar-refractivity contribution < 1.29 is 8.42 Å². The van der Waals surface area contributed by atoms with Gasteiger partial charge in [-0.1, -0.05) is 11.6 Å². The van der Waals surface area contributed by atoms with Crippen LogP contribution in [0.15, 0.2) is 17.0 Å². The third kappa shape index (κ3) is 2.01. The Morgan fingerprint density at radius 3 is 2.48 bits per heavy atom. The van der Waals surface area contributed by atoms with E-state index in [4.69, 9.17) is 17.3 Å². The molecule has 3 aliphatic rings. The Balaban J connectivity index is 1.59. The lowest BCUT2D eigenvalue weighted by Crippen LogP contribution is -2.30. The summed E-state index contributed by atoms with van der Waals surface area (Å²) in [7, 11) is -3.52. The van der Waals surface area contributed by atoms with Crippen molar-refractivity contribution >= 4 is 27.3 Å². The third-order valence-corrected chi connectivity index (χ3v) is 7.54. The molecular weight excluding hydrogens is 308 g/mol. The second-order valence-electron chi connectivity index (χ2n) is 6.77. The van der Waals surface area contributed by atoms with Gasteiger partial charge in [-0.3, -0.25) is 0 Å². The zero-order valence-corrected chi connectivity index (χ0v) is 13.4. The maximum atomic E-state index is 12.6. The number of fused-ring (bicyclic) bond motifs is 5. The number of nitrogen functional groups attached to an aromatic ring is 1. The maximum Gasteiger partial charge on any atom is 0.241 e. The van der Waals surface area contributed by atoms with Gasteiger partial charge in [-0.2, -0.15) is 0 Å². The van der Waals surface area contributed by atoms with E-state index in [1.54, 1.807) is 13.0 Å². The number of sulfonamides is 1. The molecule has 3 aliphatic carbocycles. The highest BCUT2D eigenvalue weighted by molar-refractivity contribution is 7.89. The fourth-order valence-corrected chi connectivity index (χ4v) is 6.47. The Hall–Kier alpha value is -0.780. The molecule has 21 heavy (non-hydrogen) atoms. The Bertz CT molecular complexity index is 703. The maximum absolute atomic E-state index is 12.6. The topological polar surface area (TPSA) is 72.2 Å². The fraction of sp³-hybridized carbons (Fsp3) is 0.600. The van der Waals surface area contributed by atoms with Crippen molar-refractivity contribution in [2.75, 3.05) is 5.73 Å². The van der Waals surface area contributed by atoms with E-state index in [-0.39, 0.29) is 10.9 Å². The molecule has 0 radical (unpaired) electrons. The van der Waals surface area contributed by atoms with E-state index < -0.39 is 10.0 Å². The SMILES string of the molecule is Cc1cc(Cl)c(N)cc1S(=O)(=O)NC1C2C3CCC(C3)C12. The Morgan fingerprint density at radius 1 is 1.24 bits per heavy atom. The van der Waals surface area contributed by atoms with Crippen molar-refractivity contribution in [3.8, 4) is 0 Å². The van der Waals surface area contributed by atoms with Gasteiger partial charge in [0, 0.05) is 6.04 Å². The first-order chi connectivity index (χ1) is 9.88. The van der Waals surface area contributed by atoms with Gasteiger partial charge in [-0.25, -0.2) is 13.1 Å². The predicted octanol–water partition coefficient (Wildman–Crippen LogP) is 2.55. The number of benzene rings is 1. The third-order valence-electron chi connectivity index (χ3n) is 5.61. The van der Waals surface area contributed by atoms with Crippen molar-refractivity contribution in [2.45, 2.75) is 37.1 Å². The van der Waals surface area contributed by atoms with Crippen molar-refractivity contribution in [1.82, 2.24) is 4.72 Å². The lowest BCUT2D eigenvalue weighted by molar-refractivity contribution is 0.456. The molecule has 3 saturated carbocycles. The van der Waals surface area contributed by atoms with Gasteiger partial charge in [0.2, 0.25) is 10.0 Å². The van der Waals surface area contributed by atoms with E-state index in [0.717, 1.165) is 11.8 Å². The summed E-state index contributed by atoms with van der Waals surface area (Å²) in [4.78, 5) is 0.252. The van der Waals surface area contributed by atoms with Gasteiger partial charge in [0.1, 0.15) is 0 Å². The van der Waals surface area contributed by atoms with Crippen molar-refractivity contribution in [2.24, 2.45) is 23.7 Å². The molecule has 4 nitrogen and oxygen atoms in total. The van der Waals surface area contributed by atoms with Crippen LogP contribution in [-0.2, 0) is 10.0 Å². The number of hydrogen-bond acceptors (Lipinski definition) is 3. The number of nitrogens with two attached hydrogens (primary N) is 1. The van der Waals surface area contributed by atoms with Gasteiger partial charge in [0.15, 0.2) is 0 Å². The number of halogens is 1. The fourth-order valence-electron chi connectivity index (χ4n) is 4.68. The molecule has 4 atom stereocenters. The Morgan fingerprint density at radius 2 is 1.86 bits per heavy atom. The van der Waals surface area contributed by atoms with Gasteiger partial charge in [0.05, 0.1) is 15.6 Å². The molecule has 1 aromatic rings. The van der Waals surface area contributed by atoms with E-state index in [2.05, 4.69) is 4.72 Å². The molecule has 0 aromatic heterocycles. The molecule has 3 N–H and O–H groups in total. The van der Waals surface area contributed by atoms with Gasteiger partial charge in [-0.05, 0) is 67.6 Å². The number of aryl methyl sites for hydroxylation is 1. The zero-order valence-electron chi connectivity index (χ0n) is 11.8. The average molecular weight is 327 g/mol. The van der Waals surface area contributed by atoms with Gasteiger partial charge in [0.25, 0.3) is 0 Å². The van der Waals surface area contributed by atoms with E-state index in [0.29, 0.717) is 28.1 Å². The van der Waals surface area contributed by atoms with Crippen LogP contribution in [0.2, 0.25) is 5.02 Å². The molecule has 0 spiro atoms. The zero-order chi connectivity index (χ0) is 14.9. The minimum atomic E-state index is -3.52. The monoisotopic (exact) mass is 326 g/mol. The molecule has 0 amide bonds. The number of rotatable bonds is 3. The van der Waals surface area contributed by atoms with Gasteiger partial charge < -0.3 is 5.73 Å². The summed E-state index contributed by atoms with van der Waals surface area (Å²) in [6.07, 6.45) is 3.86. The Labute approximate surface area is 130 Å². The average Bonchev–Trinajstić information content (AvgIpc) is 2.82. The molecule has 6 heteroatoms. The summed E-state index contributed by atoms with van der Waals surface area (Å²) < 4.78 is 28.2. The first-order valence-electron chi connectivity index (χ1n) is 7.46.